The van der Waals surface area contributed by atoms with Crippen molar-refractivity contribution in [1.29, 1.82) is 0 Å². The van der Waals surface area contributed by atoms with E-state index in [1.807, 2.05) is 60.7 Å². The topological polar surface area (TPSA) is 43.6 Å². The van der Waals surface area contributed by atoms with Gasteiger partial charge in [0.25, 0.3) is 0 Å². The number of rotatable bonds is 8. The lowest BCUT2D eigenvalue weighted by atomic mass is 9.95. The molecule has 10 rings (SSSR count). The summed E-state index contributed by atoms with van der Waals surface area (Å²) in [5.74, 6) is 1.93. The Morgan fingerprint density at radius 2 is 0.667 bits per heavy atom. The Morgan fingerprint density at radius 3 is 1.21 bits per heavy atom. The molecule has 0 saturated heterocycles. The van der Waals surface area contributed by atoms with E-state index in [4.69, 9.17) is 15.0 Å². The molecule has 57 heavy (non-hydrogen) atoms. The zero-order chi connectivity index (χ0) is 38.0. The van der Waals surface area contributed by atoms with E-state index in [0.717, 1.165) is 44.6 Å². The predicted molar refractivity (Wildman–Crippen MR) is 235 cm³/mol. The molecule has 0 spiro atoms. The molecule has 0 aliphatic rings. The van der Waals surface area contributed by atoms with Crippen molar-refractivity contribution >= 4 is 10.9 Å². The van der Waals surface area contributed by atoms with Crippen LogP contribution in [0.1, 0.15) is 0 Å². The lowest BCUT2D eigenvalue weighted by Crippen LogP contribution is -2.00. The van der Waals surface area contributed by atoms with Crippen LogP contribution >= 0.6 is 0 Å². The monoisotopic (exact) mass is 728 g/mol. The quantitative estimate of drug-likeness (QED) is 0.156. The summed E-state index contributed by atoms with van der Waals surface area (Å²) in [7, 11) is 0. The Morgan fingerprint density at radius 1 is 0.281 bits per heavy atom. The van der Waals surface area contributed by atoms with Crippen molar-refractivity contribution in [2.75, 3.05) is 0 Å². The molecule has 0 saturated carbocycles. The van der Waals surface area contributed by atoms with E-state index in [1.165, 1.54) is 33.2 Å². The standard InChI is InChI=1S/C53H36N4/c1-5-16-37(17-6-1)44-30-31-50-48(35-44)49(36-57(50)47-28-11-4-12-29-47)45-26-14-24-42(33-45)40-22-13-23-41(32-40)43-25-15-27-46(34-43)53-55-51(38-18-7-2-8-19-38)54-52(56-53)39-20-9-3-10-21-39/h1-36H. The van der Waals surface area contributed by atoms with E-state index < -0.39 is 0 Å². The smallest absolute Gasteiger partial charge is 0.164 e. The lowest BCUT2D eigenvalue weighted by Gasteiger charge is -2.11. The Balaban J connectivity index is 1.03. The van der Waals surface area contributed by atoms with Gasteiger partial charge in [0.15, 0.2) is 17.5 Å². The average molecular weight is 729 g/mol. The normalized spacial score (nSPS) is 11.2. The molecule has 2 heterocycles. The molecule has 0 fully saturated rings. The molecule has 268 valence electrons. The summed E-state index contributed by atoms with van der Waals surface area (Å²) in [4.78, 5) is 14.8. The van der Waals surface area contributed by atoms with Crippen molar-refractivity contribution in [3.8, 4) is 84.4 Å². The fourth-order valence-electron chi connectivity index (χ4n) is 7.59. The van der Waals surface area contributed by atoms with Crippen LogP contribution in [0.2, 0.25) is 0 Å². The van der Waals surface area contributed by atoms with E-state index >= 15 is 0 Å². The highest BCUT2D eigenvalue weighted by atomic mass is 15.0. The maximum absolute atomic E-state index is 4.98. The fourth-order valence-corrected chi connectivity index (χ4v) is 7.59. The van der Waals surface area contributed by atoms with Crippen LogP contribution in [-0.2, 0) is 0 Å². The SMILES string of the molecule is c1ccc(-c2ccc3c(c2)c(-c2cccc(-c4cccc(-c5cccc(-c6nc(-c7ccccc7)nc(-c7ccccc7)n6)c5)c4)c2)cn3-c2ccccc2)cc1. The first-order valence-electron chi connectivity index (χ1n) is 19.2. The summed E-state index contributed by atoms with van der Waals surface area (Å²) in [6.45, 7) is 0. The first-order chi connectivity index (χ1) is 28.2. The van der Waals surface area contributed by atoms with Crippen molar-refractivity contribution in [1.82, 2.24) is 19.5 Å². The summed E-state index contributed by atoms with van der Waals surface area (Å²) in [6.07, 6.45) is 2.28. The van der Waals surface area contributed by atoms with Crippen LogP contribution in [0.5, 0.6) is 0 Å². The van der Waals surface area contributed by atoms with Crippen LogP contribution in [0.3, 0.4) is 0 Å². The summed E-state index contributed by atoms with van der Waals surface area (Å²) in [5, 5.41) is 1.21. The second kappa shape index (κ2) is 14.9. The molecule has 0 aliphatic heterocycles. The molecule has 4 heteroatoms. The number of para-hydroxylation sites is 1. The molecule has 8 aromatic carbocycles. The molecule has 2 aromatic heterocycles. The lowest BCUT2D eigenvalue weighted by molar-refractivity contribution is 1.07. The average Bonchev–Trinajstić information content (AvgIpc) is 3.69. The van der Waals surface area contributed by atoms with Gasteiger partial charge in [0.1, 0.15) is 0 Å². The fraction of sp³-hybridized carbons (Fsp3) is 0. The number of hydrogen-bond acceptors (Lipinski definition) is 3. The third kappa shape index (κ3) is 6.81. The molecule has 0 unspecified atom stereocenters. The first kappa shape index (κ1) is 33.8. The summed E-state index contributed by atoms with van der Waals surface area (Å²) >= 11 is 0. The van der Waals surface area contributed by atoms with Crippen LogP contribution in [0, 0.1) is 0 Å². The summed E-state index contributed by atoms with van der Waals surface area (Å²) < 4.78 is 2.30. The highest BCUT2D eigenvalue weighted by Crippen LogP contribution is 2.38. The minimum Gasteiger partial charge on any atom is -0.316 e. The molecule has 10 aromatic rings. The zero-order valence-electron chi connectivity index (χ0n) is 31.1. The van der Waals surface area contributed by atoms with E-state index in [1.54, 1.807) is 0 Å². The van der Waals surface area contributed by atoms with Gasteiger partial charge in [-0.05, 0) is 81.4 Å². The Bertz CT molecular complexity index is 2930. The molecule has 0 atom stereocenters. The van der Waals surface area contributed by atoms with E-state index in [2.05, 4.69) is 162 Å². The Labute approximate surface area is 332 Å². The molecule has 0 aliphatic carbocycles. The number of aromatic nitrogens is 4. The molecular weight excluding hydrogens is 693 g/mol. The molecule has 0 amide bonds. The predicted octanol–water partition coefficient (Wildman–Crippen LogP) is 13.5. The Kier molecular flexibility index (Phi) is 8.82. The number of hydrogen-bond donors (Lipinski definition) is 0. The van der Waals surface area contributed by atoms with E-state index in [9.17, 15) is 0 Å². The van der Waals surface area contributed by atoms with Crippen molar-refractivity contribution in [2.24, 2.45) is 0 Å². The molecule has 0 bridgehead atoms. The highest BCUT2D eigenvalue weighted by Gasteiger charge is 2.16. The minimum absolute atomic E-state index is 0.637. The van der Waals surface area contributed by atoms with Gasteiger partial charge in [-0.3, -0.25) is 0 Å². The maximum Gasteiger partial charge on any atom is 0.164 e. The van der Waals surface area contributed by atoms with Gasteiger partial charge in [-0.1, -0.05) is 170 Å². The van der Waals surface area contributed by atoms with Gasteiger partial charge in [0, 0.05) is 39.5 Å². The van der Waals surface area contributed by atoms with Gasteiger partial charge in [-0.25, -0.2) is 15.0 Å². The van der Waals surface area contributed by atoms with Crippen molar-refractivity contribution in [3.63, 3.8) is 0 Å². The van der Waals surface area contributed by atoms with Gasteiger partial charge in [0.05, 0.1) is 5.52 Å². The van der Waals surface area contributed by atoms with Crippen LogP contribution in [-0.4, -0.2) is 19.5 Å². The summed E-state index contributed by atoms with van der Waals surface area (Å²) in [5.41, 5.74) is 14.4. The van der Waals surface area contributed by atoms with Gasteiger partial charge in [-0.2, -0.15) is 0 Å². The highest BCUT2D eigenvalue weighted by molar-refractivity contribution is 6.00. The van der Waals surface area contributed by atoms with Crippen LogP contribution in [0.4, 0.5) is 0 Å². The molecular formula is C53H36N4. The van der Waals surface area contributed by atoms with Crippen molar-refractivity contribution < 1.29 is 0 Å². The maximum atomic E-state index is 4.98. The number of fused-ring (bicyclic) bond motifs is 1. The van der Waals surface area contributed by atoms with E-state index in [0.29, 0.717) is 17.5 Å². The number of benzene rings is 8. The van der Waals surface area contributed by atoms with Gasteiger partial charge >= 0.3 is 0 Å². The van der Waals surface area contributed by atoms with Crippen molar-refractivity contribution in [3.05, 3.63) is 219 Å². The van der Waals surface area contributed by atoms with Crippen LogP contribution in [0.15, 0.2) is 219 Å². The van der Waals surface area contributed by atoms with Crippen LogP contribution < -0.4 is 0 Å². The Hall–Kier alpha value is -7.69. The number of nitrogens with zero attached hydrogens (tertiary/aromatic N) is 4. The third-order valence-corrected chi connectivity index (χ3v) is 10.5. The molecule has 4 nitrogen and oxygen atoms in total. The molecule has 0 N–H and O–H groups in total. The zero-order valence-corrected chi connectivity index (χ0v) is 31.1. The van der Waals surface area contributed by atoms with Gasteiger partial charge in [0.2, 0.25) is 0 Å². The van der Waals surface area contributed by atoms with Crippen molar-refractivity contribution in [2.45, 2.75) is 0 Å². The second-order valence-corrected chi connectivity index (χ2v) is 14.1. The second-order valence-electron chi connectivity index (χ2n) is 14.1. The third-order valence-electron chi connectivity index (χ3n) is 10.5. The summed E-state index contributed by atoms with van der Waals surface area (Å²) in [6, 6.07) is 74.3. The van der Waals surface area contributed by atoms with Gasteiger partial charge in [-0.15, -0.1) is 0 Å². The van der Waals surface area contributed by atoms with E-state index in [-0.39, 0.29) is 0 Å². The van der Waals surface area contributed by atoms with Gasteiger partial charge < -0.3 is 4.57 Å². The minimum atomic E-state index is 0.637. The first-order valence-corrected chi connectivity index (χ1v) is 19.2. The molecule has 0 radical (unpaired) electrons. The van der Waals surface area contributed by atoms with Crippen LogP contribution in [0.25, 0.3) is 95.3 Å². The largest absolute Gasteiger partial charge is 0.316 e.